The molecule has 2 N–H and O–H groups in total. The lowest BCUT2D eigenvalue weighted by Gasteiger charge is -2.12. The highest BCUT2D eigenvalue weighted by molar-refractivity contribution is 6.29. The Hall–Kier alpha value is -1.62. The highest BCUT2D eigenvalue weighted by Gasteiger charge is 2.18. The molecule has 1 atom stereocenters. The van der Waals surface area contributed by atoms with Gasteiger partial charge in [0.1, 0.15) is 5.15 Å². The van der Waals surface area contributed by atoms with Crippen molar-refractivity contribution in [3.63, 3.8) is 0 Å². The molecule has 5 nitrogen and oxygen atoms in total. The number of carbonyl (C=O) groups is 2. The number of nitrogens with one attached hydrogen (secondary N) is 1. The number of hydrogen-bond acceptors (Lipinski definition) is 3. The molecule has 1 amide bonds. The minimum absolute atomic E-state index is 0.112. The Bertz CT molecular complexity index is 457. The normalized spacial score (nSPS) is 11.9. The zero-order chi connectivity index (χ0) is 14.4. The number of carbonyl (C=O) groups excluding carboxylic acids is 1. The Morgan fingerprint density at radius 1 is 1.47 bits per heavy atom. The minimum atomic E-state index is -0.897. The van der Waals surface area contributed by atoms with Crippen LogP contribution < -0.4 is 5.32 Å². The fourth-order valence-corrected chi connectivity index (χ4v) is 1.99. The average molecular weight is 285 g/mol. The number of aryl methyl sites for hydroxylation is 1. The quantitative estimate of drug-likeness (QED) is 0.786. The van der Waals surface area contributed by atoms with Gasteiger partial charge in [-0.05, 0) is 25.5 Å². The smallest absolute Gasteiger partial charge is 0.308 e. The van der Waals surface area contributed by atoms with Crippen molar-refractivity contribution < 1.29 is 14.7 Å². The van der Waals surface area contributed by atoms with E-state index in [1.807, 2.05) is 6.92 Å². The van der Waals surface area contributed by atoms with Crippen molar-refractivity contribution in [2.75, 3.05) is 6.54 Å². The van der Waals surface area contributed by atoms with Gasteiger partial charge < -0.3 is 10.4 Å². The fourth-order valence-electron chi connectivity index (χ4n) is 1.74. The minimum Gasteiger partial charge on any atom is -0.481 e. The average Bonchev–Trinajstić information content (AvgIpc) is 2.32. The van der Waals surface area contributed by atoms with E-state index in [0.717, 1.165) is 6.42 Å². The highest BCUT2D eigenvalue weighted by atomic mass is 35.5. The molecule has 0 saturated carbocycles. The molecule has 1 aromatic heterocycles. The molecule has 1 rings (SSSR count). The summed E-state index contributed by atoms with van der Waals surface area (Å²) in [5.74, 6) is -1.80. The van der Waals surface area contributed by atoms with Crippen molar-refractivity contribution in [1.29, 1.82) is 0 Å². The molecule has 1 heterocycles. The van der Waals surface area contributed by atoms with Gasteiger partial charge in [0.05, 0.1) is 5.92 Å². The van der Waals surface area contributed by atoms with Gasteiger partial charge >= 0.3 is 5.97 Å². The maximum Gasteiger partial charge on any atom is 0.308 e. The Balaban J connectivity index is 2.66. The summed E-state index contributed by atoms with van der Waals surface area (Å²) < 4.78 is 0. The third kappa shape index (κ3) is 4.87. The Morgan fingerprint density at radius 3 is 2.68 bits per heavy atom. The van der Waals surface area contributed by atoms with Crippen LogP contribution in [0.1, 0.15) is 35.8 Å². The van der Waals surface area contributed by atoms with Gasteiger partial charge in [-0.25, -0.2) is 4.98 Å². The Labute approximate surface area is 117 Å². The molecule has 0 aliphatic heterocycles. The number of nitrogens with zero attached hydrogens (tertiary/aromatic N) is 1. The van der Waals surface area contributed by atoms with E-state index in [0.29, 0.717) is 17.7 Å². The first-order chi connectivity index (χ1) is 8.93. The van der Waals surface area contributed by atoms with E-state index in [4.69, 9.17) is 16.7 Å². The largest absolute Gasteiger partial charge is 0.481 e. The molecule has 0 aromatic carbocycles. The second kappa shape index (κ2) is 7.09. The van der Waals surface area contributed by atoms with Crippen molar-refractivity contribution in [2.45, 2.75) is 26.7 Å². The summed E-state index contributed by atoms with van der Waals surface area (Å²) >= 11 is 5.77. The highest BCUT2D eigenvalue weighted by Crippen LogP contribution is 2.11. The lowest BCUT2D eigenvalue weighted by Crippen LogP contribution is -2.33. The van der Waals surface area contributed by atoms with Crippen molar-refractivity contribution in [3.8, 4) is 0 Å². The van der Waals surface area contributed by atoms with Gasteiger partial charge in [0.25, 0.3) is 5.91 Å². The SMILES string of the molecule is CCCC(CNC(=O)c1cc(C)nc(Cl)c1)C(=O)O. The summed E-state index contributed by atoms with van der Waals surface area (Å²) in [6.07, 6.45) is 1.29. The van der Waals surface area contributed by atoms with Crippen molar-refractivity contribution in [3.05, 3.63) is 28.5 Å². The topological polar surface area (TPSA) is 79.3 Å². The standard InChI is InChI=1S/C13H17ClN2O3/c1-3-4-9(13(18)19)7-15-12(17)10-5-8(2)16-11(14)6-10/h5-6,9H,3-4,7H2,1-2H3,(H,15,17)(H,18,19). The second-order valence-corrected chi connectivity index (χ2v) is 4.74. The van der Waals surface area contributed by atoms with E-state index >= 15 is 0 Å². The van der Waals surface area contributed by atoms with Crippen LogP contribution in [0.5, 0.6) is 0 Å². The molecule has 0 spiro atoms. The fraction of sp³-hybridized carbons (Fsp3) is 0.462. The predicted molar refractivity (Wildman–Crippen MR) is 72.4 cm³/mol. The van der Waals surface area contributed by atoms with Gasteiger partial charge in [-0.1, -0.05) is 24.9 Å². The molecule has 0 aliphatic rings. The summed E-state index contributed by atoms with van der Waals surface area (Å²) in [6, 6.07) is 3.07. The molecule has 0 bridgehead atoms. The number of aliphatic carboxylic acids is 1. The summed E-state index contributed by atoms with van der Waals surface area (Å²) in [7, 11) is 0. The van der Waals surface area contributed by atoms with Crippen LogP contribution in [0.15, 0.2) is 12.1 Å². The molecular weight excluding hydrogens is 268 g/mol. The molecule has 0 aliphatic carbocycles. The van der Waals surface area contributed by atoms with Crippen LogP contribution in [-0.2, 0) is 4.79 Å². The molecule has 104 valence electrons. The van der Waals surface area contributed by atoms with E-state index in [1.54, 1.807) is 13.0 Å². The monoisotopic (exact) mass is 284 g/mol. The summed E-state index contributed by atoms with van der Waals surface area (Å²) in [5, 5.41) is 11.9. The molecule has 6 heteroatoms. The van der Waals surface area contributed by atoms with Gasteiger partial charge in [-0.15, -0.1) is 0 Å². The van der Waals surface area contributed by atoms with Crippen LogP contribution in [0.4, 0.5) is 0 Å². The Kier molecular flexibility index (Phi) is 5.76. The third-order valence-corrected chi connectivity index (χ3v) is 2.87. The van der Waals surface area contributed by atoms with Crippen LogP contribution >= 0.6 is 11.6 Å². The van der Waals surface area contributed by atoms with Gasteiger partial charge in [0.15, 0.2) is 0 Å². The van der Waals surface area contributed by atoms with Gasteiger partial charge in [-0.2, -0.15) is 0 Å². The number of carboxylic acids is 1. The number of carboxylic acid groups (broad SMARTS) is 1. The van der Waals surface area contributed by atoms with Crippen molar-refractivity contribution in [1.82, 2.24) is 10.3 Å². The number of rotatable bonds is 6. The maximum atomic E-state index is 11.9. The van der Waals surface area contributed by atoms with Gasteiger partial charge in [-0.3, -0.25) is 9.59 Å². The molecule has 1 aromatic rings. The zero-order valence-corrected chi connectivity index (χ0v) is 11.7. The molecular formula is C13H17ClN2O3. The number of hydrogen-bond donors (Lipinski definition) is 2. The van der Waals surface area contributed by atoms with Crippen molar-refractivity contribution in [2.24, 2.45) is 5.92 Å². The van der Waals surface area contributed by atoms with Crippen LogP contribution in [0, 0.1) is 12.8 Å². The summed E-state index contributed by atoms with van der Waals surface area (Å²) in [6.45, 7) is 3.75. The number of aromatic nitrogens is 1. The lowest BCUT2D eigenvalue weighted by atomic mass is 10.0. The zero-order valence-electron chi connectivity index (χ0n) is 10.9. The molecule has 0 fully saturated rings. The second-order valence-electron chi connectivity index (χ2n) is 4.35. The number of halogens is 1. The van der Waals surface area contributed by atoms with E-state index in [2.05, 4.69) is 10.3 Å². The Morgan fingerprint density at radius 2 is 2.16 bits per heavy atom. The lowest BCUT2D eigenvalue weighted by molar-refractivity contribution is -0.141. The molecule has 1 unspecified atom stereocenters. The molecule has 0 saturated heterocycles. The van der Waals surface area contributed by atoms with Crippen LogP contribution in [0.3, 0.4) is 0 Å². The number of pyridine rings is 1. The first-order valence-electron chi connectivity index (χ1n) is 6.09. The predicted octanol–water partition coefficient (Wildman–Crippen LogP) is 2.27. The summed E-state index contributed by atoms with van der Waals surface area (Å²) in [5.41, 5.74) is 1.03. The first-order valence-corrected chi connectivity index (χ1v) is 6.47. The van der Waals surface area contributed by atoms with E-state index in [1.165, 1.54) is 6.07 Å². The van der Waals surface area contributed by atoms with Crippen LogP contribution in [-0.4, -0.2) is 28.5 Å². The van der Waals surface area contributed by atoms with Crippen LogP contribution in [0.2, 0.25) is 5.15 Å². The van der Waals surface area contributed by atoms with Crippen LogP contribution in [0.25, 0.3) is 0 Å². The maximum absolute atomic E-state index is 11.9. The molecule has 19 heavy (non-hydrogen) atoms. The van der Waals surface area contributed by atoms with E-state index < -0.39 is 11.9 Å². The third-order valence-electron chi connectivity index (χ3n) is 2.68. The van der Waals surface area contributed by atoms with E-state index in [9.17, 15) is 9.59 Å². The van der Waals surface area contributed by atoms with E-state index in [-0.39, 0.29) is 17.6 Å². The molecule has 0 radical (unpaired) electrons. The van der Waals surface area contributed by atoms with Crippen molar-refractivity contribution >= 4 is 23.5 Å². The first kappa shape index (κ1) is 15.4. The van der Waals surface area contributed by atoms with Gasteiger partial charge in [0.2, 0.25) is 0 Å². The summed E-state index contributed by atoms with van der Waals surface area (Å²) in [4.78, 5) is 26.8. The van der Waals surface area contributed by atoms with Gasteiger partial charge in [0, 0.05) is 17.8 Å². The number of amides is 1.